The molecule has 1 rings (SSSR count). The molecule has 0 bridgehead atoms. The molecule has 1 aliphatic rings. The molecule has 1 aliphatic heterocycles. The second-order valence-electron chi connectivity index (χ2n) is 5.13. The van der Waals surface area contributed by atoms with E-state index < -0.39 is 0 Å². The summed E-state index contributed by atoms with van der Waals surface area (Å²) in [5.41, 5.74) is 3.39. The maximum absolute atomic E-state index is 11.7. The van der Waals surface area contributed by atoms with Crippen molar-refractivity contribution in [1.29, 1.82) is 0 Å². The minimum absolute atomic E-state index is 0.180. The quantitative estimate of drug-likeness (QED) is 0.733. The molecule has 0 saturated carbocycles. The number of carbonyl (C=O) groups is 1. The first-order valence-electron chi connectivity index (χ1n) is 5.45. The van der Waals surface area contributed by atoms with Gasteiger partial charge in [-0.3, -0.25) is 9.80 Å². The SMILES string of the molecule is CCC(=O)N1NCC(C)(C)C1C(C)C. The maximum Gasteiger partial charge on any atom is 0.236 e. The first kappa shape index (κ1) is 11.5. The van der Waals surface area contributed by atoms with Crippen molar-refractivity contribution < 1.29 is 4.79 Å². The van der Waals surface area contributed by atoms with Gasteiger partial charge in [0.15, 0.2) is 0 Å². The third-order valence-electron chi connectivity index (χ3n) is 2.99. The molecule has 1 heterocycles. The number of hydrazine groups is 1. The lowest BCUT2D eigenvalue weighted by molar-refractivity contribution is -0.136. The summed E-state index contributed by atoms with van der Waals surface area (Å²) in [6, 6.07) is 0.315. The number of hydrogen-bond acceptors (Lipinski definition) is 2. The average molecular weight is 198 g/mol. The van der Waals surface area contributed by atoms with Crippen LogP contribution in [0.4, 0.5) is 0 Å². The topological polar surface area (TPSA) is 32.3 Å². The highest BCUT2D eigenvalue weighted by atomic mass is 16.2. The van der Waals surface area contributed by atoms with Crippen molar-refractivity contribution in [2.45, 2.75) is 47.1 Å². The molecule has 0 radical (unpaired) electrons. The number of nitrogens with zero attached hydrogens (tertiary/aromatic N) is 1. The van der Waals surface area contributed by atoms with Crippen LogP contribution >= 0.6 is 0 Å². The van der Waals surface area contributed by atoms with E-state index in [1.165, 1.54) is 0 Å². The van der Waals surface area contributed by atoms with E-state index in [9.17, 15) is 4.79 Å². The van der Waals surface area contributed by atoms with Crippen LogP contribution in [0.15, 0.2) is 0 Å². The highest BCUT2D eigenvalue weighted by Gasteiger charge is 2.43. The summed E-state index contributed by atoms with van der Waals surface area (Å²) in [6.07, 6.45) is 0.576. The van der Waals surface area contributed by atoms with Crippen LogP contribution in [0.3, 0.4) is 0 Å². The summed E-state index contributed by atoms with van der Waals surface area (Å²) in [7, 11) is 0. The van der Waals surface area contributed by atoms with Crippen molar-refractivity contribution in [3.8, 4) is 0 Å². The van der Waals surface area contributed by atoms with Gasteiger partial charge in [-0.2, -0.15) is 0 Å². The van der Waals surface area contributed by atoms with E-state index in [2.05, 4.69) is 33.1 Å². The Kier molecular flexibility index (Phi) is 3.20. The van der Waals surface area contributed by atoms with Crippen molar-refractivity contribution in [3.05, 3.63) is 0 Å². The van der Waals surface area contributed by atoms with Crippen molar-refractivity contribution in [2.75, 3.05) is 6.54 Å². The molecule has 1 atom stereocenters. The molecular formula is C11H22N2O. The molecule has 1 fully saturated rings. The standard InChI is InChI=1S/C11H22N2O/c1-6-9(14)13-10(8(2)3)11(4,5)7-12-13/h8,10,12H,6-7H2,1-5H3. The number of carbonyl (C=O) groups excluding carboxylic acids is 1. The second-order valence-corrected chi connectivity index (χ2v) is 5.13. The lowest BCUT2D eigenvalue weighted by atomic mass is 9.80. The van der Waals surface area contributed by atoms with Gasteiger partial charge in [0.25, 0.3) is 0 Å². The Bertz CT molecular complexity index is 223. The van der Waals surface area contributed by atoms with Gasteiger partial charge in [-0.15, -0.1) is 0 Å². The zero-order valence-electron chi connectivity index (χ0n) is 9.92. The van der Waals surface area contributed by atoms with E-state index in [1.54, 1.807) is 0 Å². The van der Waals surface area contributed by atoms with Crippen LogP contribution in [0.5, 0.6) is 0 Å². The van der Waals surface area contributed by atoms with Crippen LogP contribution in [-0.2, 0) is 4.79 Å². The normalized spacial score (nSPS) is 25.9. The zero-order chi connectivity index (χ0) is 10.9. The monoisotopic (exact) mass is 198 g/mol. The molecular weight excluding hydrogens is 176 g/mol. The maximum atomic E-state index is 11.7. The molecule has 0 aromatic heterocycles. The fourth-order valence-corrected chi connectivity index (χ4v) is 2.46. The van der Waals surface area contributed by atoms with E-state index in [0.29, 0.717) is 18.4 Å². The van der Waals surface area contributed by atoms with Crippen LogP contribution < -0.4 is 5.43 Å². The zero-order valence-corrected chi connectivity index (χ0v) is 9.92. The summed E-state index contributed by atoms with van der Waals surface area (Å²) in [5, 5.41) is 1.84. The van der Waals surface area contributed by atoms with E-state index >= 15 is 0 Å². The lowest BCUT2D eigenvalue weighted by Gasteiger charge is -2.34. The Hall–Kier alpha value is -0.570. The minimum Gasteiger partial charge on any atom is -0.274 e. The average Bonchev–Trinajstić information content (AvgIpc) is 2.39. The Balaban J connectivity index is 2.84. The van der Waals surface area contributed by atoms with Crippen molar-refractivity contribution >= 4 is 5.91 Å². The Labute approximate surface area is 86.8 Å². The minimum atomic E-state index is 0.180. The van der Waals surface area contributed by atoms with Crippen LogP contribution in [0.2, 0.25) is 0 Å². The van der Waals surface area contributed by atoms with Gasteiger partial charge in [0, 0.05) is 18.4 Å². The molecule has 1 N–H and O–H groups in total. The van der Waals surface area contributed by atoms with Gasteiger partial charge in [-0.25, -0.2) is 5.43 Å². The molecule has 3 heteroatoms. The highest BCUT2D eigenvalue weighted by molar-refractivity contribution is 5.76. The van der Waals surface area contributed by atoms with Crippen molar-refractivity contribution in [2.24, 2.45) is 11.3 Å². The molecule has 3 nitrogen and oxygen atoms in total. The predicted octanol–water partition coefficient (Wildman–Crippen LogP) is 1.79. The van der Waals surface area contributed by atoms with Crippen LogP contribution in [0, 0.1) is 11.3 Å². The van der Waals surface area contributed by atoms with Gasteiger partial charge in [0.1, 0.15) is 0 Å². The Morgan fingerprint density at radius 2 is 2.14 bits per heavy atom. The molecule has 1 amide bonds. The largest absolute Gasteiger partial charge is 0.274 e. The number of rotatable bonds is 2. The smallest absolute Gasteiger partial charge is 0.236 e. The molecule has 1 saturated heterocycles. The van der Waals surface area contributed by atoms with Crippen LogP contribution in [-0.4, -0.2) is 23.5 Å². The van der Waals surface area contributed by atoms with Gasteiger partial charge in [-0.1, -0.05) is 34.6 Å². The molecule has 0 aromatic carbocycles. The lowest BCUT2D eigenvalue weighted by Crippen LogP contribution is -2.47. The molecule has 14 heavy (non-hydrogen) atoms. The van der Waals surface area contributed by atoms with Gasteiger partial charge in [-0.05, 0) is 5.92 Å². The Morgan fingerprint density at radius 3 is 2.57 bits per heavy atom. The Morgan fingerprint density at radius 1 is 1.57 bits per heavy atom. The molecule has 0 spiro atoms. The third-order valence-corrected chi connectivity index (χ3v) is 2.99. The summed E-state index contributed by atoms with van der Waals surface area (Å²) >= 11 is 0. The summed E-state index contributed by atoms with van der Waals surface area (Å²) in [6.45, 7) is 11.6. The first-order valence-corrected chi connectivity index (χ1v) is 5.45. The fraction of sp³-hybridized carbons (Fsp3) is 0.909. The second kappa shape index (κ2) is 3.89. The predicted molar refractivity (Wildman–Crippen MR) is 57.5 cm³/mol. The number of amides is 1. The van der Waals surface area contributed by atoms with Crippen molar-refractivity contribution in [1.82, 2.24) is 10.4 Å². The highest BCUT2D eigenvalue weighted by Crippen LogP contribution is 2.34. The molecule has 1 unspecified atom stereocenters. The van der Waals surface area contributed by atoms with E-state index in [4.69, 9.17) is 0 Å². The fourth-order valence-electron chi connectivity index (χ4n) is 2.46. The van der Waals surface area contributed by atoms with Crippen molar-refractivity contribution in [3.63, 3.8) is 0 Å². The third kappa shape index (κ3) is 1.92. The van der Waals surface area contributed by atoms with Gasteiger partial charge in [0.2, 0.25) is 5.91 Å². The molecule has 0 aliphatic carbocycles. The summed E-state index contributed by atoms with van der Waals surface area (Å²) in [4.78, 5) is 11.7. The summed E-state index contributed by atoms with van der Waals surface area (Å²) in [5.74, 6) is 0.699. The number of nitrogens with one attached hydrogen (secondary N) is 1. The van der Waals surface area contributed by atoms with E-state index in [-0.39, 0.29) is 11.3 Å². The van der Waals surface area contributed by atoms with Crippen LogP contribution in [0.1, 0.15) is 41.0 Å². The van der Waals surface area contributed by atoms with E-state index in [1.807, 2.05) is 11.9 Å². The summed E-state index contributed by atoms with van der Waals surface area (Å²) < 4.78 is 0. The number of hydrogen-bond donors (Lipinski definition) is 1. The van der Waals surface area contributed by atoms with Crippen LogP contribution in [0.25, 0.3) is 0 Å². The van der Waals surface area contributed by atoms with E-state index in [0.717, 1.165) is 6.54 Å². The molecule has 82 valence electrons. The van der Waals surface area contributed by atoms with Gasteiger partial charge < -0.3 is 0 Å². The van der Waals surface area contributed by atoms with Gasteiger partial charge >= 0.3 is 0 Å². The van der Waals surface area contributed by atoms with Gasteiger partial charge in [0.05, 0.1) is 6.04 Å². The first-order chi connectivity index (χ1) is 6.40. The molecule has 0 aromatic rings.